The van der Waals surface area contributed by atoms with Crippen molar-refractivity contribution >= 4 is 15.9 Å². The highest BCUT2D eigenvalue weighted by Crippen LogP contribution is 2.36. The molecule has 3 rings (SSSR count). The highest BCUT2D eigenvalue weighted by Gasteiger charge is 2.15. The maximum absolute atomic E-state index is 5.41. The van der Waals surface area contributed by atoms with Crippen LogP contribution in [0.15, 0.2) is 46.9 Å². The molecule has 0 aromatic heterocycles. The van der Waals surface area contributed by atoms with Crippen molar-refractivity contribution in [3.05, 3.63) is 58.1 Å². The molecule has 0 bridgehead atoms. The van der Waals surface area contributed by atoms with Gasteiger partial charge >= 0.3 is 0 Å². The van der Waals surface area contributed by atoms with Crippen LogP contribution in [0, 0.1) is 0 Å². The zero-order chi connectivity index (χ0) is 14.5. The van der Waals surface area contributed by atoms with Crippen LogP contribution in [0.1, 0.15) is 17.5 Å². The first-order valence-corrected chi connectivity index (χ1v) is 7.95. The van der Waals surface area contributed by atoms with Gasteiger partial charge in [-0.25, -0.2) is 0 Å². The standard InChI is InChI=1S/C17H18BrNO2/c18-15-10-17-16(20-12-21-17)9-14(15)11-19-8-4-7-13-5-2-1-3-6-13/h1-3,5-6,9-10,19H,4,7-8,11-12H2. The summed E-state index contributed by atoms with van der Waals surface area (Å²) in [6.45, 7) is 2.14. The fraction of sp³-hybridized carbons (Fsp3) is 0.294. The Labute approximate surface area is 133 Å². The first kappa shape index (κ1) is 14.4. The monoisotopic (exact) mass is 347 g/mol. The second kappa shape index (κ2) is 6.96. The van der Waals surface area contributed by atoms with E-state index in [0.29, 0.717) is 6.79 Å². The average molecular weight is 348 g/mol. The van der Waals surface area contributed by atoms with Crippen LogP contribution in [0.3, 0.4) is 0 Å². The largest absolute Gasteiger partial charge is 0.454 e. The van der Waals surface area contributed by atoms with Gasteiger partial charge in [-0.2, -0.15) is 0 Å². The Hall–Kier alpha value is -1.52. The summed E-state index contributed by atoms with van der Waals surface area (Å²) in [4.78, 5) is 0. The third kappa shape index (κ3) is 3.77. The van der Waals surface area contributed by atoms with Crippen LogP contribution in [0.4, 0.5) is 0 Å². The van der Waals surface area contributed by atoms with E-state index in [0.717, 1.165) is 41.9 Å². The Morgan fingerprint density at radius 3 is 2.62 bits per heavy atom. The fourth-order valence-electron chi connectivity index (χ4n) is 2.38. The second-order valence-electron chi connectivity index (χ2n) is 5.06. The molecule has 2 aromatic carbocycles. The van der Waals surface area contributed by atoms with E-state index in [4.69, 9.17) is 9.47 Å². The van der Waals surface area contributed by atoms with Gasteiger partial charge in [0.1, 0.15) is 0 Å². The van der Waals surface area contributed by atoms with E-state index in [1.165, 1.54) is 11.1 Å². The molecule has 0 saturated heterocycles. The predicted molar refractivity (Wildman–Crippen MR) is 86.7 cm³/mol. The van der Waals surface area contributed by atoms with E-state index < -0.39 is 0 Å². The fourth-order valence-corrected chi connectivity index (χ4v) is 2.84. The van der Waals surface area contributed by atoms with Crippen LogP contribution in [0.5, 0.6) is 11.5 Å². The van der Waals surface area contributed by atoms with Gasteiger partial charge in [0.25, 0.3) is 0 Å². The number of hydrogen-bond donors (Lipinski definition) is 1. The summed E-state index contributed by atoms with van der Waals surface area (Å²) >= 11 is 3.58. The van der Waals surface area contributed by atoms with Crippen LogP contribution >= 0.6 is 15.9 Å². The molecule has 4 heteroatoms. The molecule has 0 aliphatic carbocycles. The minimum atomic E-state index is 0.315. The molecule has 0 spiro atoms. The summed E-state index contributed by atoms with van der Waals surface area (Å²) in [7, 11) is 0. The van der Waals surface area contributed by atoms with Crippen molar-refractivity contribution in [2.24, 2.45) is 0 Å². The third-order valence-corrected chi connectivity index (χ3v) is 4.26. The molecule has 0 fully saturated rings. The Bertz CT molecular complexity index is 601. The highest BCUT2D eigenvalue weighted by molar-refractivity contribution is 9.10. The quantitative estimate of drug-likeness (QED) is 0.804. The molecule has 2 aromatic rings. The molecular formula is C17H18BrNO2. The minimum Gasteiger partial charge on any atom is -0.454 e. The number of nitrogens with one attached hydrogen (secondary N) is 1. The summed E-state index contributed by atoms with van der Waals surface area (Å²) in [6, 6.07) is 14.6. The molecule has 21 heavy (non-hydrogen) atoms. The van der Waals surface area contributed by atoms with Gasteiger partial charge in [0.15, 0.2) is 11.5 Å². The van der Waals surface area contributed by atoms with Crippen molar-refractivity contribution in [1.82, 2.24) is 5.32 Å². The maximum Gasteiger partial charge on any atom is 0.231 e. The van der Waals surface area contributed by atoms with E-state index in [1.54, 1.807) is 0 Å². The molecule has 0 saturated carbocycles. The van der Waals surface area contributed by atoms with Gasteiger partial charge in [0.05, 0.1) is 0 Å². The van der Waals surface area contributed by atoms with Crippen LogP contribution in [-0.4, -0.2) is 13.3 Å². The number of ether oxygens (including phenoxy) is 2. The van der Waals surface area contributed by atoms with E-state index >= 15 is 0 Å². The number of aryl methyl sites for hydroxylation is 1. The first-order valence-electron chi connectivity index (χ1n) is 7.15. The topological polar surface area (TPSA) is 30.5 Å². The predicted octanol–water partition coefficient (Wildman–Crippen LogP) is 3.90. The van der Waals surface area contributed by atoms with Gasteiger partial charge in [-0.05, 0) is 42.6 Å². The van der Waals surface area contributed by atoms with Crippen LogP contribution in [0.25, 0.3) is 0 Å². The lowest BCUT2D eigenvalue weighted by Gasteiger charge is -2.08. The molecular weight excluding hydrogens is 330 g/mol. The van der Waals surface area contributed by atoms with Gasteiger partial charge in [-0.3, -0.25) is 0 Å². The highest BCUT2D eigenvalue weighted by atomic mass is 79.9. The zero-order valence-corrected chi connectivity index (χ0v) is 13.4. The number of halogens is 1. The smallest absolute Gasteiger partial charge is 0.231 e. The normalized spacial score (nSPS) is 12.6. The lowest BCUT2D eigenvalue weighted by molar-refractivity contribution is 0.174. The van der Waals surface area contributed by atoms with E-state index in [1.807, 2.05) is 12.1 Å². The molecule has 0 atom stereocenters. The molecule has 1 aliphatic heterocycles. The van der Waals surface area contributed by atoms with Gasteiger partial charge in [-0.1, -0.05) is 46.3 Å². The number of hydrogen-bond acceptors (Lipinski definition) is 3. The molecule has 110 valence electrons. The SMILES string of the molecule is Brc1cc2c(cc1CNCCCc1ccccc1)OCO2. The van der Waals surface area contributed by atoms with E-state index in [9.17, 15) is 0 Å². The number of fused-ring (bicyclic) bond motifs is 1. The molecule has 1 aliphatic rings. The molecule has 3 nitrogen and oxygen atoms in total. The van der Waals surface area contributed by atoms with Crippen LogP contribution in [-0.2, 0) is 13.0 Å². The molecule has 0 amide bonds. The summed E-state index contributed by atoms with van der Waals surface area (Å²) in [6.07, 6.45) is 2.24. The van der Waals surface area contributed by atoms with Crippen molar-refractivity contribution in [1.29, 1.82) is 0 Å². The summed E-state index contributed by atoms with van der Waals surface area (Å²) in [5.41, 5.74) is 2.59. The van der Waals surface area contributed by atoms with Gasteiger partial charge in [-0.15, -0.1) is 0 Å². The minimum absolute atomic E-state index is 0.315. The zero-order valence-electron chi connectivity index (χ0n) is 11.8. The lowest BCUT2D eigenvalue weighted by Crippen LogP contribution is -2.15. The van der Waals surface area contributed by atoms with Crippen molar-refractivity contribution in [3.8, 4) is 11.5 Å². The van der Waals surface area contributed by atoms with E-state index in [-0.39, 0.29) is 0 Å². The van der Waals surface area contributed by atoms with Crippen molar-refractivity contribution < 1.29 is 9.47 Å². The molecule has 0 radical (unpaired) electrons. The van der Waals surface area contributed by atoms with E-state index in [2.05, 4.69) is 51.6 Å². The second-order valence-corrected chi connectivity index (χ2v) is 5.92. The molecule has 1 heterocycles. The number of benzene rings is 2. The summed E-state index contributed by atoms with van der Waals surface area (Å²) < 4.78 is 11.8. The Morgan fingerprint density at radius 2 is 1.81 bits per heavy atom. The summed E-state index contributed by atoms with van der Waals surface area (Å²) in [5, 5.41) is 3.48. The molecule has 1 N–H and O–H groups in total. The lowest BCUT2D eigenvalue weighted by atomic mass is 10.1. The maximum atomic E-state index is 5.41. The van der Waals surface area contributed by atoms with Gasteiger partial charge in [0, 0.05) is 11.0 Å². The van der Waals surface area contributed by atoms with Gasteiger partial charge in [0.2, 0.25) is 6.79 Å². The van der Waals surface area contributed by atoms with Crippen molar-refractivity contribution in [2.75, 3.05) is 13.3 Å². The van der Waals surface area contributed by atoms with Crippen LogP contribution < -0.4 is 14.8 Å². The first-order chi connectivity index (χ1) is 10.3. The summed E-state index contributed by atoms with van der Waals surface area (Å²) in [5.74, 6) is 1.65. The Balaban J connectivity index is 1.45. The van der Waals surface area contributed by atoms with Crippen molar-refractivity contribution in [3.63, 3.8) is 0 Å². The Morgan fingerprint density at radius 1 is 1.05 bits per heavy atom. The molecule has 0 unspecified atom stereocenters. The van der Waals surface area contributed by atoms with Crippen molar-refractivity contribution in [2.45, 2.75) is 19.4 Å². The van der Waals surface area contributed by atoms with Gasteiger partial charge < -0.3 is 14.8 Å². The van der Waals surface area contributed by atoms with Crippen LogP contribution in [0.2, 0.25) is 0 Å². The third-order valence-electron chi connectivity index (χ3n) is 3.52. The number of rotatable bonds is 6. The Kier molecular flexibility index (Phi) is 4.78. The average Bonchev–Trinajstić information content (AvgIpc) is 2.95.